The number of benzene rings is 1. The zero-order valence-electron chi connectivity index (χ0n) is 19.8. The number of para-hydroxylation sites is 1. The third-order valence-electron chi connectivity index (χ3n) is 4.98. The van der Waals surface area contributed by atoms with E-state index in [9.17, 15) is 14.4 Å². The summed E-state index contributed by atoms with van der Waals surface area (Å²) in [5, 5.41) is 8.07. The average Bonchev–Trinajstić information content (AvgIpc) is 2.79. The lowest BCUT2D eigenvalue weighted by molar-refractivity contribution is -0.116. The smallest absolute Gasteiger partial charge is 0.410 e. The van der Waals surface area contributed by atoms with Gasteiger partial charge in [-0.3, -0.25) is 4.79 Å². The summed E-state index contributed by atoms with van der Waals surface area (Å²) in [7, 11) is 0. The number of ether oxygens (including phenoxy) is 1. The number of piperazine rings is 1. The summed E-state index contributed by atoms with van der Waals surface area (Å²) < 4.78 is 5.43. The van der Waals surface area contributed by atoms with Crippen molar-refractivity contribution in [1.82, 2.24) is 15.2 Å². The molecule has 2 aromatic rings. The van der Waals surface area contributed by atoms with Crippen LogP contribution >= 0.6 is 0 Å². The van der Waals surface area contributed by atoms with Crippen molar-refractivity contribution in [3.8, 4) is 0 Å². The van der Waals surface area contributed by atoms with Crippen molar-refractivity contribution in [2.45, 2.75) is 32.8 Å². The fourth-order valence-corrected chi connectivity index (χ4v) is 3.31. The van der Waals surface area contributed by atoms with Gasteiger partial charge in [-0.2, -0.15) is 0 Å². The number of nitrogens with zero attached hydrogens (tertiary/aromatic N) is 3. The Kier molecular flexibility index (Phi) is 8.29. The third kappa shape index (κ3) is 7.95. The number of carbonyl (C=O) groups excluding carboxylic acids is 3. The SMILES string of the molecule is CC(C)(C)OC(=O)N1CCN(c2ccc(NC(=O)CCNC(=O)Nc3ccccc3)nc2)CC1. The van der Waals surface area contributed by atoms with Crippen LogP contribution in [-0.2, 0) is 9.53 Å². The first-order valence-electron chi connectivity index (χ1n) is 11.3. The number of pyridine rings is 1. The quantitative estimate of drug-likeness (QED) is 0.599. The number of rotatable bonds is 6. The zero-order chi connectivity index (χ0) is 24.6. The molecule has 1 aromatic carbocycles. The first-order chi connectivity index (χ1) is 16.2. The van der Waals surface area contributed by atoms with Crippen molar-refractivity contribution in [3.63, 3.8) is 0 Å². The van der Waals surface area contributed by atoms with Gasteiger partial charge >= 0.3 is 12.1 Å². The molecular formula is C24H32N6O4. The molecule has 0 bridgehead atoms. The minimum absolute atomic E-state index is 0.123. The van der Waals surface area contributed by atoms with Crippen LogP contribution in [0.3, 0.4) is 0 Å². The standard InChI is InChI=1S/C24H32N6O4/c1-24(2,3)34-23(33)30-15-13-29(14-16-30)19-9-10-20(26-17-19)28-21(31)11-12-25-22(32)27-18-7-5-4-6-8-18/h4-10,17H,11-16H2,1-3H3,(H2,25,27,32)(H,26,28,31). The predicted octanol–water partition coefficient (Wildman–Crippen LogP) is 3.29. The van der Waals surface area contributed by atoms with Crippen molar-refractivity contribution in [2.75, 3.05) is 48.3 Å². The Hall–Kier alpha value is -3.82. The lowest BCUT2D eigenvalue weighted by Crippen LogP contribution is -2.50. The van der Waals surface area contributed by atoms with Gasteiger partial charge in [-0.25, -0.2) is 14.6 Å². The van der Waals surface area contributed by atoms with Crippen LogP contribution in [0.15, 0.2) is 48.7 Å². The highest BCUT2D eigenvalue weighted by molar-refractivity contribution is 5.92. The Bertz CT molecular complexity index is 967. The molecule has 0 radical (unpaired) electrons. The zero-order valence-corrected chi connectivity index (χ0v) is 19.8. The lowest BCUT2D eigenvalue weighted by atomic mass is 10.2. The Morgan fingerprint density at radius 1 is 0.971 bits per heavy atom. The molecule has 1 aromatic heterocycles. The first-order valence-corrected chi connectivity index (χ1v) is 11.3. The highest BCUT2D eigenvalue weighted by Gasteiger charge is 2.26. The highest BCUT2D eigenvalue weighted by atomic mass is 16.6. The minimum Gasteiger partial charge on any atom is -0.444 e. The summed E-state index contributed by atoms with van der Waals surface area (Å²) in [5.74, 6) is 0.195. The summed E-state index contributed by atoms with van der Waals surface area (Å²) in [6.07, 6.45) is 1.53. The minimum atomic E-state index is -0.511. The molecule has 34 heavy (non-hydrogen) atoms. The van der Waals surface area contributed by atoms with E-state index in [0.29, 0.717) is 37.7 Å². The van der Waals surface area contributed by atoms with Gasteiger partial charge in [0.1, 0.15) is 11.4 Å². The summed E-state index contributed by atoms with van der Waals surface area (Å²) in [4.78, 5) is 44.4. The molecule has 2 heterocycles. The number of anilines is 3. The molecule has 0 atom stereocenters. The van der Waals surface area contributed by atoms with E-state index in [1.807, 2.05) is 45.0 Å². The molecule has 182 valence electrons. The van der Waals surface area contributed by atoms with Gasteiger partial charge in [-0.1, -0.05) is 18.2 Å². The predicted molar refractivity (Wildman–Crippen MR) is 131 cm³/mol. The van der Waals surface area contributed by atoms with Crippen LogP contribution in [0.2, 0.25) is 0 Å². The van der Waals surface area contributed by atoms with E-state index in [1.165, 1.54) is 0 Å². The van der Waals surface area contributed by atoms with Crippen molar-refractivity contribution in [3.05, 3.63) is 48.7 Å². The second-order valence-corrected chi connectivity index (χ2v) is 8.90. The maximum Gasteiger partial charge on any atom is 0.410 e. The first kappa shape index (κ1) is 24.8. The molecule has 0 unspecified atom stereocenters. The maximum absolute atomic E-state index is 12.2. The fourth-order valence-electron chi connectivity index (χ4n) is 3.31. The monoisotopic (exact) mass is 468 g/mol. The number of nitrogens with one attached hydrogen (secondary N) is 3. The Morgan fingerprint density at radius 3 is 2.29 bits per heavy atom. The van der Waals surface area contributed by atoms with Gasteiger partial charge in [0.25, 0.3) is 0 Å². The number of hydrogen-bond acceptors (Lipinski definition) is 6. The highest BCUT2D eigenvalue weighted by Crippen LogP contribution is 2.18. The second-order valence-electron chi connectivity index (χ2n) is 8.90. The average molecular weight is 469 g/mol. The van der Waals surface area contributed by atoms with Crippen molar-refractivity contribution >= 4 is 35.2 Å². The lowest BCUT2D eigenvalue weighted by Gasteiger charge is -2.36. The van der Waals surface area contributed by atoms with Crippen LogP contribution in [0, 0.1) is 0 Å². The molecule has 1 fully saturated rings. The van der Waals surface area contributed by atoms with Gasteiger partial charge in [0.05, 0.1) is 11.9 Å². The van der Waals surface area contributed by atoms with E-state index in [1.54, 1.807) is 29.3 Å². The van der Waals surface area contributed by atoms with Gasteiger partial charge in [-0.05, 0) is 45.0 Å². The van der Waals surface area contributed by atoms with Crippen molar-refractivity contribution in [1.29, 1.82) is 0 Å². The van der Waals surface area contributed by atoms with E-state index < -0.39 is 5.60 Å². The Balaban J connectivity index is 1.38. The number of urea groups is 1. The molecule has 10 nitrogen and oxygen atoms in total. The summed E-state index contributed by atoms with van der Waals surface area (Å²) >= 11 is 0. The number of aromatic nitrogens is 1. The number of amides is 4. The fraction of sp³-hybridized carbons (Fsp3) is 0.417. The van der Waals surface area contributed by atoms with Crippen molar-refractivity contribution < 1.29 is 19.1 Å². The molecule has 0 saturated carbocycles. The van der Waals surface area contributed by atoms with Gasteiger partial charge in [-0.15, -0.1) is 0 Å². The van der Waals surface area contributed by atoms with Crippen molar-refractivity contribution in [2.24, 2.45) is 0 Å². The van der Waals surface area contributed by atoms with Gasteiger partial charge in [0, 0.05) is 44.8 Å². The van der Waals surface area contributed by atoms with E-state index >= 15 is 0 Å². The second kappa shape index (κ2) is 11.4. The van der Waals surface area contributed by atoms with Crippen LogP contribution in [0.5, 0.6) is 0 Å². The molecule has 3 rings (SSSR count). The van der Waals surface area contributed by atoms with Crippen LogP contribution < -0.4 is 20.9 Å². The molecule has 1 aliphatic heterocycles. The third-order valence-corrected chi connectivity index (χ3v) is 4.98. The Morgan fingerprint density at radius 2 is 1.68 bits per heavy atom. The summed E-state index contributed by atoms with van der Waals surface area (Å²) in [5.41, 5.74) is 1.09. The van der Waals surface area contributed by atoms with E-state index in [0.717, 1.165) is 5.69 Å². The van der Waals surface area contributed by atoms with E-state index in [-0.39, 0.29) is 31.0 Å². The molecule has 10 heteroatoms. The van der Waals surface area contributed by atoms with Gasteiger partial charge in [0.2, 0.25) is 5.91 Å². The molecule has 3 N–H and O–H groups in total. The van der Waals surface area contributed by atoms with Crippen LogP contribution in [0.25, 0.3) is 0 Å². The number of hydrogen-bond donors (Lipinski definition) is 3. The molecule has 0 aliphatic carbocycles. The maximum atomic E-state index is 12.2. The van der Waals surface area contributed by atoms with Crippen LogP contribution in [-0.4, -0.2) is 66.2 Å². The van der Waals surface area contributed by atoms with Crippen LogP contribution in [0.4, 0.5) is 26.8 Å². The molecule has 4 amide bonds. The largest absolute Gasteiger partial charge is 0.444 e. The summed E-state index contributed by atoms with van der Waals surface area (Å²) in [6, 6.07) is 12.3. The van der Waals surface area contributed by atoms with E-state index in [2.05, 4.69) is 25.8 Å². The molecule has 1 aliphatic rings. The van der Waals surface area contributed by atoms with Gasteiger partial charge in [0.15, 0.2) is 0 Å². The molecule has 1 saturated heterocycles. The normalized spacial score (nSPS) is 13.7. The topological polar surface area (TPSA) is 116 Å². The molecule has 0 spiro atoms. The van der Waals surface area contributed by atoms with E-state index in [4.69, 9.17) is 4.74 Å². The van der Waals surface area contributed by atoms with Gasteiger partial charge < -0.3 is 30.5 Å². The Labute approximate surface area is 199 Å². The number of carbonyl (C=O) groups is 3. The summed E-state index contributed by atoms with van der Waals surface area (Å²) in [6.45, 7) is 8.24. The van der Waals surface area contributed by atoms with Crippen LogP contribution in [0.1, 0.15) is 27.2 Å². The molecular weight excluding hydrogens is 436 g/mol.